The number of amides is 1. The van der Waals surface area contributed by atoms with Crippen LogP contribution in [0.4, 0.5) is 0 Å². The fraction of sp³-hybridized carbons (Fsp3) is 0.545. The van der Waals surface area contributed by atoms with Crippen molar-refractivity contribution in [2.45, 2.75) is 38.8 Å². The summed E-state index contributed by atoms with van der Waals surface area (Å²) in [5, 5.41) is 0. The first-order valence-corrected chi connectivity index (χ1v) is 6.37. The molecule has 1 saturated carbocycles. The zero-order valence-corrected chi connectivity index (χ0v) is 10.4. The van der Waals surface area contributed by atoms with Crippen molar-refractivity contribution in [2.75, 3.05) is 0 Å². The van der Waals surface area contributed by atoms with Gasteiger partial charge in [-0.15, -0.1) is 11.3 Å². The van der Waals surface area contributed by atoms with Crippen LogP contribution in [0.1, 0.15) is 36.4 Å². The normalized spacial score (nSPS) is 15.7. The Balaban J connectivity index is 2.17. The van der Waals surface area contributed by atoms with E-state index in [0.717, 1.165) is 17.7 Å². The summed E-state index contributed by atoms with van der Waals surface area (Å²) in [5.41, 5.74) is 0. The maximum atomic E-state index is 12.2. The van der Waals surface area contributed by atoms with Crippen molar-refractivity contribution in [1.29, 1.82) is 0 Å². The molecule has 1 aliphatic rings. The highest BCUT2D eigenvalue weighted by molar-refractivity contribution is 7.17. The fourth-order valence-electron chi connectivity index (χ4n) is 1.73. The Morgan fingerprint density at radius 1 is 1.53 bits per heavy atom. The molecule has 82 valence electrons. The third-order valence-corrected chi connectivity index (χ3v) is 3.73. The van der Waals surface area contributed by atoms with Crippen molar-refractivity contribution in [3.63, 3.8) is 0 Å². The Labute approximate surface area is 98.8 Å². The smallest absolute Gasteiger partial charge is 0.264 e. The number of carbonyl (C=O) groups excluding carboxylic acids is 1. The Morgan fingerprint density at radius 2 is 2.20 bits per heavy atom. The second-order valence-corrected chi connectivity index (χ2v) is 5.86. The highest BCUT2D eigenvalue weighted by Crippen LogP contribution is 2.32. The monoisotopic (exact) mass is 243 g/mol. The lowest BCUT2D eigenvalue weighted by molar-refractivity contribution is 0.0695. The number of rotatable bonds is 3. The topological polar surface area (TPSA) is 20.3 Å². The first-order valence-electron chi connectivity index (χ1n) is 5.17. The first kappa shape index (κ1) is 11.0. The van der Waals surface area contributed by atoms with Crippen molar-refractivity contribution in [1.82, 2.24) is 4.90 Å². The second kappa shape index (κ2) is 4.14. The molecule has 1 fully saturated rings. The van der Waals surface area contributed by atoms with E-state index in [0.29, 0.717) is 10.4 Å². The lowest BCUT2D eigenvalue weighted by Crippen LogP contribution is -2.38. The van der Waals surface area contributed by atoms with Crippen LogP contribution in [-0.4, -0.2) is 22.9 Å². The molecule has 0 spiro atoms. The van der Waals surface area contributed by atoms with Crippen molar-refractivity contribution in [3.8, 4) is 0 Å². The maximum Gasteiger partial charge on any atom is 0.264 e. The van der Waals surface area contributed by atoms with E-state index in [4.69, 9.17) is 11.6 Å². The lowest BCUT2D eigenvalue weighted by atomic mass is 10.3. The molecule has 0 bridgehead atoms. The Kier molecular flexibility index (Phi) is 3.03. The Hall–Kier alpha value is -0.540. The number of nitrogens with zero attached hydrogens (tertiary/aromatic N) is 1. The quantitative estimate of drug-likeness (QED) is 0.797. The van der Waals surface area contributed by atoms with Crippen molar-refractivity contribution >= 4 is 28.8 Å². The van der Waals surface area contributed by atoms with Gasteiger partial charge in [0.05, 0.1) is 9.21 Å². The van der Waals surface area contributed by atoms with E-state index >= 15 is 0 Å². The average molecular weight is 244 g/mol. The molecule has 1 aromatic rings. The lowest BCUT2D eigenvalue weighted by Gasteiger charge is -2.26. The minimum atomic E-state index is 0.129. The van der Waals surface area contributed by atoms with Crippen LogP contribution in [0.2, 0.25) is 4.34 Å². The van der Waals surface area contributed by atoms with Crippen LogP contribution in [0.25, 0.3) is 0 Å². The molecule has 0 saturated heterocycles. The van der Waals surface area contributed by atoms with E-state index in [-0.39, 0.29) is 11.9 Å². The first-order chi connectivity index (χ1) is 7.09. The Bertz CT molecular complexity index is 368. The molecule has 2 rings (SSSR count). The second-order valence-electron chi connectivity index (χ2n) is 4.14. The third kappa shape index (κ3) is 2.34. The van der Waals surface area contributed by atoms with Gasteiger partial charge in [-0.3, -0.25) is 4.79 Å². The highest BCUT2D eigenvalue weighted by Gasteiger charge is 2.35. The van der Waals surface area contributed by atoms with Gasteiger partial charge in [-0.1, -0.05) is 11.6 Å². The SMILES string of the molecule is CC(C)N(C(=O)c1ccc(Cl)s1)C1CC1. The van der Waals surface area contributed by atoms with Gasteiger partial charge in [0.2, 0.25) is 0 Å². The predicted octanol–water partition coefficient (Wildman–Crippen LogP) is 3.41. The van der Waals surface area contributed by atoms with Crippen LogP contribution in [0, 0.1) is 0 Å². The highest BCUT2D eigenvalue weighted by atomic mass is 35.5. The van der Waals surface area contributed by atoms with Gasteiger partial charge in [0.1, 0.15) is 0 Å². The van der Waals surface area contributed by atoms with E-state index in [1.54, 1.807) is 6.07 Å². The van der Waals surface area contributed by atoms with Crippen molar-refractivity contribution in [2.24, 2.45) is 0 Å². The van der Waals surface area contributed by atoms with E-state index in [9.17, 15) is 4.79 Å². The summed E-state index contributed by atoms with van der Waals surface area (Å²) in [6, 6.07) is 4.32. The van der Waals surface area contributed by atoms with Crippen LogP contribution in [-0.2, 0) is 0 Å². The van der Waals surface area contributed by atoms with Gasteiger partial charge in [0.15, 0.2) is 0 Å². The maximum absolute atomic E-state index is 12.2. The Morgan fingerprint density at radius 3 is 2.60 bits per heavy atom. The molecule has 1 aromatic heterocycles. The third-order valence-electron chi connectivity index (χ3n) is 2.52. The van der Waals surface area contributed by atoms with Crippen LogP contribution in [0.5, 0.6) is 0 Å². The summed E-state index contributed by atoms with van der Waals surface area (Å²) < 4.78 is 0.679. The molecule has 1 amide bonds. The van der Waals surface area contributed by atoms with Gasteiger partial charge in [-0.25, -0.2) is 0 Å². The molecule has 0 aliphatic heterocycles. The number of hydrogen-bond donors (Lipinski definition) is 0. The zero-order valence-electron chi connectivity index (χ0n) is 8.87. The minimum absolute atomic E-state index is 0.129. The molecule has 1 aliphatic carbocycles. The van der Waals surface area contributed by atoms with Gasteiger partial charge in [0, 0.05) is 12.1 Å². The predicted molar refractivity (Wildman–Crippen MR) is 63.7 cm³/mol. The summed E-state index contributed by atoms with van der Waals surface area (Å²) in [6.45, 7) is 4.12. The molecule has 0 radical (unpaired) electrons. The standard InChI is InChI=1S/C11H14ClNOS/c1-7(2)13(8-3-4-8)11(14)9-5-6-10(12)15-9/h5-8H,3-4H2,1-2H3. The average Bonchev–Trinajstić information content (AvgIpc) is 2.87. The summed E-state index contributed by atoms with van der Waals surface area (Å²) in [6.07, 6.45) is 2.28. The summed E-state index contributed by atoms with van der Waals surface area (Å²) in [7, 11) is 0. The fourth-order valence-corrected chi connectivity index (χ4v) is 2.72. The van der Waals surface area contributed by atoms with Crippen molar-refractivity contribution < 1.29 is 4.79 Å². The molecule has 0 atom stereocenters. The zero-order chi connectivity index (χ0) is 11.0. The molecular formula is C11H14ClNOS. The van der Waals surface area contributed by atoms with E-state index in [2.05, 4.69) is 13.8 Å². The van der Waals surface area contributed by atoms with Crippen LogP contribution in [0.15, 0.2) is 12.1 Å². The molecular weight excluding hydrogens is 230 g/mol. The van der Waals surface area contributed by atoms with E-state index in [1.165, 1.54) is 11.3 Å². The summed E-state index contributed by atoms with van der Waals surface area (Å²) in [4.78, 5) is 14.9. The summed E-state index contributed by atoms with van der Waals surface area (Å²) in [5.74, 6) is 0.129. The number of carbonyl (C=O) groups is 1. The molecule has 1 heterocycles. The van der Waals surface area contributed by atoms with Crippen molar-refractivity contribution in [3.05, 3.63) is 21.3 Å². The van der Waals surface area contributed by atoms with E-state index in [1.807, 2.05) is 11.0 Å². The molecule has 0 unspecified atom stereocenters. The van der Waals surface area contributed by atoms with Crippen LogP contribution in [0.3, 0.4) is 0 Å². The molecule has 2 nitrogen and oxygen atoms in total. The summed E-state index contributed by atoms with van der Waals surface area (Å²) >= 11 is 7.19. The number of halogens is 1. The van der Waals surface area contributed by atoms with E-state index < -0.39 is 0 Å². The van der Waals surface area contributed by atoms with Crippen LogP contribution >= 0.6 is 22.9 Å². The number of hydrogen-bond acceptors (Lipinski definition) is 2. The van der Waals surface area contributed by atoms with Gasteiger partial charge in [0.25, 0.3) is 5.91 Å². The van der Waals surface area contributed by atoms with Crippen LogP contribution < -0.4 is 0 Å². The van der Waals surface area contributed by atoms with Gasteiger partial charge in [-0.2, -0.15) is 0 Å². The minimum Gasteiger partial charge on any atom is -0.333 e. The van der Waals surface area contributed by atoms with Gasteiger partial charge < -0.3 is 4.90 Å². The number of thiophene rings is 1. The van der Waals surface area contributed by atoms with Gasteiger partial charge in [-0.05, 0) is 38.8 Å². The molecule has 15 heavy (non-hydrogen) atoms. The molecule has 0 aromatic carbocycles. The van der Waals surface area contributed by atoms with Gasteiger partial charge >= 0.3 is 0 Å². The molecule has 4 heteroatoms. The largest absolute Gasteiger partial charge is 0.333 e. The molecule has 0 N–H and O–H groups in total.